The van der Waals surface area contributed by atoms with Crippen LogP contribution >= 0.6 is 11.6 Å². The molecule has 0 spiro atoms. The molecule has 3 rings (SSSR count). The molecule has 0 saturated heterocycles. The number of nitrogens with zero attached hydrogens (tertiary/aromatic N) is 4. The monoisotopic (exact) mass is 397 g/mol. The first-order valence-corrected chi connectivity index (χ1v) is 8.77. The van der Waals surface area contributed by atoms with Crippen LogP contribution in [0.3, 0.4) is 0 Å². The van der Waals surface area contributed by atoms with E-state index in [9.17, 15) is 9.59 Å². The predicted molar refractivity (Wildman–Crippen MR) is 101 cm³/mol. The molecule has 0 aliphatic rings. The summed E-state index contributed by atoms with van der Waals surface area (Å²) >= 11 is 6.07. The van der Waals surface area contributed by atoms with Crippen molar-refractivity contribution in [1.29, 1.82) is 5.26 Å². The van der Waals surface area contributed by atoms with Crippen molar-refractivity contribution in [2.24, 2.45) is 0 Å². The van der Waals surface area contributed by atoms with Crippen molar-refractivity contribution in [2.75, 3.05) is 0 Å². The zero-order chi connectivity index (χ0) is 20.3. The molecule has 142 valence electrons. The second-order valence-electron chi connectivity index (χ2n) is 6.24. The lowest BCUT2D eigenvalue weighted by Crippen LogP contribution is -2.36. The van der Waals surface area contributed by atoms with Crippen molar-refractivity contribution in [1.82, 2.24) is 20.3 Å². The molecule has 2 aromatic heterocycles. The Bertz CT molecular complexity index is 1080. The standard InChI is InChI=1S/C19H16ClN5O3/c1-11(22-19(27)17-8-18(12(2)26)28-24-17)10-25-6-5-16(23-25)13-3-4-14(9-21)15(20)7-13/h3-8,11H,10H2,1-2H3,(H,22,27)/t11-/m0/s1. The van der Waals surface area contributed by atoms with Gasteiger partial charge >= 0.3 is 0 Å². The highest BCUT2D eigenvalue weighted by Crippen LogP contribution is 2.24. The van der Waals surface area contributed by atoms with E-state index in [1.807, 2.05) is 19.1 Å². The predicted octanol–water partition coefficient (Wildman–Crippen LogP) is 3.08. The maximum atomic E-state index is 12.2. The zero-order valence-electron chi connectivity index (χ0n) is 15.1. The number of Topliss-reactive ketones (excluding diaryl/α,β-unsaturated/α-hetero) is 1. The van der Waals surface area contributed by atoms with Crippen LogP contribution in [0.2, 0.25) is 5.02 Å². The first-order valence-electron chi connectivity index (χ1n) is 8.39. The molecule has 8 nitrogen and oxygen atoms in total. The fourth-order valence-corrected chi connectivity index (χ4v) is 2.78. The Balaban J connectivity index is 1.64. The van der Waals surface area contributed by atoms with Gasteiger partial charge in [-0.05, 0) is 25.1 Å². The number of nitriles is 1. The van der Waals surface area contributed by atoms with E-state index in [-0.39, 0.29) is 23.3 Å². The van der Waals surface area contributed by atoms with Crippen molar-refractivity contribution in [3.05, 3.63) is 58.6 Å². The normalized spacial score (nSPS) is 11.6. The molecule has 1 aromatic carbocycles. The molecule has 1 N–H and O–H groups in total. The van der Waals surface area contributed by atoms with E-state index in [1.54, 1.807) is 29.1 Å². The van der Waals surface area contributed by atoms with Gasteiger partial charge in [-0.1, -0.05) is 22.8 Å². The number of amides is 1. The zero-order valence-corrected chi connectivity index (χ0v) is 15.9. The van der Waals surface area contributed by atoms with Gasteiger partial charge in [-0.3, -0.25) is 14.3 Å². The lowest BCUT2D eigenvalue weighted by Gasteiger charge is -2.12. The number of rotatable bonds is 6. The van der Waals surface area contributed by atoms with Crippen LogP contribution < -0.4 is 5.32 Å². The summed E-state index contributed by atoms with van der Waals surface area (Å²) in [4.78, 5) is 23.4. The number of benzene rings is 1. The first kappa shape index (κ1) is 19.3. The van der Waals surface area contributed by atoms with Crippen LogP contribution in [0.15, 0.2) is 41.1 Å². The topological polar surface area (TPSA) is 114 Å². The quantitative estimate of drug-likeness (QED) is 0.639. The van der Waals surface area contributed by atoms with Crippen molar-refractivity contribution < 1.29 is 14.1 Å². The molecule has 1 atom stereocenters. The Morgan fingerprint density at radius 3 is 2.79 bits per heavy atom. The summed E-state index contributed by atoms with van der Waals surface area (Å²) in [7, 11) is 0. The molecule has 0 fully saturated rings. The van der Waals surface area contributed by atoms with Crippen molar-refractivity contribution in [3.63, 3.8) is 0 Å². The summed E-state index contributed by atoms with van der Waals surface area (Å²) in [6, 6.07) is 10.0. The Morgan fingerprint density at radius 1 is 1.36 bits per heavy atom. The number of aromatic nitrogens is 3. The van der Waals surface area contributed by atoms with Crippen LogP contribution in [-0.4, -0.2) is 32.7 Å². The first-order chi connectivity index (χ1) is 13.4. The number of nitrogens with one attached hydrogen (secondary N) is 1. The number of carbonyl (C=O) groups excluding carboxylic acids is 2. The summed E-state index contributed by atoms with van der Waals surface area (Å²) in [6.07, 6.45) is 1.79. The van der Waals surface area contributed by atoms with Gasteiger partial charge in [-0.2, -0.15) is 10.4 Å². The van der Waals surface area contributed by atoms with Gasteiger partial charge < -0.3 is 9.84 Å². The van der Waals surface area contributed by atoms with E-state index in [0.29, 0.717) is 22.8 Å². The average Bonchev–Trinajstić information content (AvgIpc) is 3.31. The summed E-state index contributed by atoms with van der Waals surface area (Å²) in [5.74, 6) is -0.697. The second kappa shape index (κ2) is 8.06. The smallest absolute Gasteiger partial charge is 0.273 e. The van der Waals surface area contributed by atoms with E-state index in [0.717, 1.165) is 5.56 Å². The third kappa shape index (κ3) is 4.27. The van der Waals surface area contributed by atoms with Gasteiger partial charge in [-0.15, -0.1) is 0 Å². The molecule has 9 heteroatoms. The Kier molecular flexibility index (Phi) is 5.57. The van der Waals surface area contributed by atoms with Crippen LogP contribution in [-0.2, 0) is 6.54 Å². The molecule has 3 aromatic rings. The third-order valence-corrected chi connectivity index (χ3v) is 4.27. The fourth-order valence-electron chi connectivity index (χ4n) is 2.55. The van der Waals surface area contributed by atoms with Crippen molar-refractivity contribution >= 4 is 23.3 Å². The molecule has 0 aliphatic heterocycles. The van der Waals surface area contributed by atoms with Crippen LogP contribution in [0, 0.1) is 11.3 Å². The van der Waals surface area contributed by atoms with Gasteiger partial charge in [0.15, 0.2) is 11.5 Å². The van der Waals surface area contributed by atoms with Gasteiger partial charge in [0.1, 0.15) is 6.07 Å². The van der Waals surface area contributed by atoms with Crippen molar-refractivity contribution in [2.45, 2.75) is 26.4 Å². The molecule has 0 unspecified atom stereocenters. The molecule has 1 amide bonds. The third-order valence-electron chi connectivity index (χ3n) is 3.95. The number of hydrogen-bond donors (Lipinski definition) is 1. The minimum atomic E-state index is -0.435. The van der Waals surface area contributed by atoms with Crippen LogP contribution in [0.25, 0.3) is 11.3 Å². The molecular weight excluding hydrogens is 382 g/mol. The van der Waals surface area contributed by atoms with Crippen LogP contribution in [0.4, 0.5) is 0 Å². The van der Waals surface area contributed by atoms with Gasteiger partial charge in [0.05, 0.1) is 22.8 Å². The van der Waals surface area contributed by atoms with E-state index < -0.39 is 5.91 Å². The lowest BCUT2D eigenvalue weighted by molar-refractivity contribution is 0.0922. The molecule has 0 saturated carbocycles. The number of hydrogen-bond acceptors (Lipinski definition) is 6. The highest BCUT2D eigenvalue weighted by molar-refractivity contribution is 6.32. The Labute approximate surface area is 165 Å². The highest BCUT2D eigenvalue weighted by atomic mass is 35.5. The minimum Gasteiger partial charge on any atom is -0.352 e. The van der Waals surface area contributed by atoms with Gasteiger partial charge in [0.2, 0.25) is 5.76 Å². The molecule has 2 heterocycles. The van der Waals surface area contributed by atoms with Gasteiger partial charge in [0, 0.05) is 30.8 Å². The fraction of sp³-hybridized carbons (Fsp3) is 0.211. The second-order valence-corrected chi connectivity index (χ2v) is 6.64. The summed E-state index contributed by atoms with van der Waals surface area (Å²) < 4.78 is 6.51. The Morgan fingerprint density at radius 2 is 2.14 bits per heavy atom. The molecular formula is C19H16ClN5O3. The van der Waals surface area contributed by atoms with E-state index in [4.69, 9.17) is 21.4 Å². The highest BCUT2D eigenvalue weighted by Gasteiger charge is 2.17. The largest absolute Gasteiger partial charge is 0.352 e. The maximum Gasteiger partial charge on any atom is 0.273 e. The number of carbonyl (C=O) groups is 2. The Hall–Kier alpha value is -3.44. The van der Waals surface area contributed by atoms with E-state index in [2.05, 4.69) is 15.6 Å². The average molecular weight is 398 g/mol. The van der Waals surface area contributed by atoms with Gasteiger partial charge in [-0.25, -0.2) is 0 Å². The van der Waals surface area contributed by atoms with Crippen LogP contribution in [0.1, 0.15) is 40.5 Å². The lowest BCUT2D eigenvalue weighted by atomic mass is 10.1. The van der Waals surface area contributed by atoms with Crippen LogP contribution in [0.5, 0.6) is 0 Å². The summed E-state index contributed by atoms with van der Waals surface area (Å²) in [5, 5.41) is 20.2. The summed E-state index contributed by atoms with van der Waals surface area (Å²) in [5.41, 5.74) is 1.94. The van der Waals surface area contributed by atoms with E-state index >= 15 is 0 Å². The molecule has 0 radical (unpaired) electrons. The molecule has 0 bridgehead atoms. The van der Waals surface area contributed by atoms with Crippen molar-refractivity contribution in [3.8, 4) is 17.3 Å². The SMILES string of the molecule is CC(=O)c1cc(C(=O)N[C@@H](C)Cn2ccc(-c3ccc(C#N)c(Cl)c3)n2)no1. The number of ketones is 1. The van der Waals surface area contributed by atoms with Gasteiger partial charge in [0.25, 0.3) is 5.91 Å². The van der Waals surface area contributed by atoms with E-state index in [1.165, 1.54) is 13.0 Å². The molecule has 0 aliphatic carbocycles. The summed E-state index contributed by atoms with van der Waals surface area (Å²) in [6.45, 7) is 3.58. The minimum absolute atomic E-state index is 0.0376. The molecule has 28 heavy (non-hydrogen) atoms. The number of halogens is 1. The maximum absolute atomic E-state index is 12.2.